The summed E-state index contributed by atoms with van der Waals surface area (Å²) in [5.41, 5.74) is 7.71. The van der Waals surface area contributed by atoms with Gasteiger partial charge in [0.15, 0.2) is 0 Å². The number of carbonyl (C=O) groups excluding carboxylic acids is 1. The molecule has 20 heavy (non-hydrogen) atoms. The summed E-state index contributed by atoms with van der Waals surface area (Å²) in [5, 5.41) is 2.94. The summed E-state index contributed by atoms with van der Waals surface area (Å²) in [6.07, 6.45) is 1.70. The van der Waals surface area contributed by atoms with Crippen LogP contribution in [0.4, 0.5) is 0 Å². The molecule has 1 amide bonds. The zero-order valence-corrected chi connectivity index (χ0v) is 13.1. The van der Waals surface area contributed by atoms with Crippen LogP contribution in [0.2, 0.25) is 0 Å². The molecule has 0 radical (unpaired) electrons. The highest BCUT2D eigenvalue weighted by Crippen LogP contribution is 2.11. The van der Waals surface area contributed by atoms with Gasteiger partial charge in [0.25, 0.3) is 5.91 Å². The molecule has 4 nitrogen and oxygen atoms in total. The summed E-state index contributed by atoms with van der Waals surface area (Å²) >= 11 is 0. The first-order chi connectivity index (χ1) is 9.40. The fraction of sp³-hybridized carbons (Fsp3) is 0.562. The molecule has 0 aliphatic carbocycles. The SMILES string of the molecule is CCC(N)(CC)CNC(=O)c1cccc(CN(C)C)c1. The van der Waals surface area contributed by atoms with Crippen LogP contribution in [0.25, 0.3) is 0 Å². The maximum Gasteiger partial charge on any atom is 0.251 e. The largest absolute Gasteiger partial charge is 0.350 e. The second kappa shape index (κ2) is 7.41. The lowest BCUT2D eigenvalue weighted by Gasteiger charge is -2.26. The lowest BCUT2D eigenvalue weighted by molar-refractivity contribution is 0.0942. The van der Waals surface area contributed by atoms with Gasteiger partial charge in [0, 0.05) is 24.2 Å². The number of amides is 1. The molecule has 0 spiro atoms. The standard InChI is InChI=1S/C16H27N3O/c1-5-16(17,6-2)12-18-15(20)14-9-7-8-13(10-14)11-19(3)4/h7-10H,5-6,11-12,17H2,1-4H3,(H,18,20). The van der Waals surface area contributed by atoms with Gasteiger partial charge in [-0.1, -0.05) is 26.0 Å². The maximum absolute atomic E-state index is 12.2. The highest BCUT2D eigenvalue weighted by atomic mass is 16.1. The minimum absolute atomic E-state index is 0.0534. The normalized spacial score (nSPS) is 11.7. The molecule has 4 heteroatoms. The Hall–Kier alpha value is -1.39. The van der Waals surface area contributed by atoms with Crippen molar-refractivity contribution in [2.24, 2.45) is 5.73 Å². The van der Waals surface area contributed by atoms with E-state index in [2.05, 4.69) is 10.2 Å². The first-order valence-corrected chi connectivity index (χ1v) is 7.21. The quantitative estimate of drug-likeness (QED) is 0.801. The summed E-state index contributed by atoms with van der Waals surface area (Å²) < 4.78 is 0. The summed E-state index contributed by atoms with van der Waals surface area (Å²) in [7, 11) is 4.02. The van der Waals surface area contributed by atoms with Crippen molar-refractivity contribution in [3.63, 3.8) is 0 Å². The summed E-state index contributed by atoms with van der Waals surface area (Å²) in [6.45, 7) is 5.43. The van der Waals surface area contributed by atoms with Crippen molar-refractivity contribution in [1.29, 1.82) is 0 Å². The summed E-state index contributed by atoms with van der Waals surface area (Å²) in [5.74, 6) is -0.0534. The van der Waals surface area contributed by atoms with Gasteiger partial charge in [-0.2, -0.15) is 0 Å². The summed E-state index contributed by atoms with van der Waals surface area (Å²) in [4.78, 5) is 14.3. The first-order valence-electron chi connectivity index (χ1n) is 7.21. The van der Waals surface area contributed by atoms with Crippen LogP contribution >= 0.6 is 0 Å². The van der Waals surface area contributed by atoms with Gasteiger partial charge in [-0.25, -0.2) is 0 Å². The third kappa shape index (κ3) is 4.94. The molecule has 0 fully saturated rings. The molecule has 0 heterocycles. The van der Waals surface area contributed by atoms with E-state index in [1.54, 1.807) is 0 Å². The Morgan fingerprint density at radius 2 is 1.95 bits per heavy atom. The Balaban J connectivity index is 2.68. The fourth-order valence-electron chi connectivity index (χ4n) is 2.03. The average Bonchev–Trinajstić information content (AvgIpc) is 2.44. The van der Waals surface area contributed by atoms with E-state index < -0.39 is 0 Å². The highest BCUT2D eigenvalue weighted by Gasteiger charge is 2.21. The molecule has 3 N–H and O–H groups in total. The van der Waals surface area contributed by atoms with Crippen LogP contribution in [-0.4, -0.2) is 37.0 Å². The molecule has 1 aromatic carbocycles. The topological polar surface area (TPSA) is 58.4 Å². The monoisotopic (exact) mass is 277 g/mol. The van der Waals surface area contributed by atoms with Crippen LogP contribution in [-0.2, 0) is 6.54 Å². The first kappa shape index (κ1) is 16.7. The van der Waals surface area contributed by atoms with Crippen LogP contribution in [0.1, 0.15) is 42.6 Å². The van der Waals surface area contributed by atoms with E-state index in [1.165, 1.54) is 0 Å². The molecule has 1 aromatic rings. The molecular weight excluding hydrogens is 250 g/mol. The minimum atomic E-state index is -0.309. The van der Waals surface area contributed by atoms with E-state index >= 15 is 0 Å². The van der Waals surface area contributed by atoms with E-state index in [1.807, 2.05) is 52.2 Å². The molecular formula is C16H27N3O. The van der Waals surface area contributed by atoms with Gasteiger partial charge in [-0.05, 0) is 44.6 Å². The van der Waals surface area contributed by atoms with Crippen molar-refractivity contribution in [3.05, 3.63) is 35.4 Å². The predicted octanol–water partition coefficient (Wildman–Crippen LogP) is 2.00. The fourth-order valence-corrected chi connectivity index (χ4v) is 2.03. The number of hydrogen-bond donors (Lipinski definition) is 2. The number of carbonyl (C=O) groups is 1. The average molecular weight is 277 g/mol. The van der Waals surface area contributed by atoms with Crippen LogP contribution in [0, 0.1) is 0 Å². The lowest BCUT2D eigenvalue weighted by atomic mass is 9.94. The highest BCUT2D eigenvalue weighted by molar-refractivity contribution is 5.94. The molecule has 0 atom stereocenters. The van der Waals surface area contributed by atoms with Gasteiger partial charge in [0.05, 0.1) is 0 Å². The molecule has 0 aliphatic heterocycles. The third-order valence-corrected chi connectivity index (χ3v) is 3.70. The van der Waals surface area contributed by atoms with Crippen molar-refractivity contribution in [2.45, 2.75) is 38.8 Å². The second-order valence-corrected chi connectivity index (χ2v) is 5.69. The molecule has 0 bridgehead atoms. The Labute approximate surface area is 122 Å². The molecule has 112 valence electrons. The second-order valence-electron chi connectivity index (χ2n) is 5.69. The Bertz CT molecular complexity index is 439. The Kier molecular flexibility index (Phi) is 6.17. The Morgan fingerprint density at radius 3 is 2.50 bits per heavy atom. The van der Waals surface area contributed by atoms with Gasteiger partial charge in [0.2, 0.25) is 0 Å². The van der Waals surface area contributed by atoms with E-state index in [-0.39, 0.29) is 11.4 Å². The van der Waals surface area contributed by atoms with E-state index in [9.17, 15) is 4.79 Å². The number of nitrogens with one attached hydrogen (secondary N) is 1. The third-order valence-electron chi connectivity index (χ3n) is 3.70. The molecule has 0 aliphatic rings. The van der Waals surface area contributed by atoms with Crippen LogP contribution in [0.5, 0.6) is 0 Å². The van der Waals surface area contributed by atoms with Crippen molar-refractivity contribution in [2.75, 3.05) is 20.6 Å². The Morgan fingerprint density at radius 1 is 1.30 bits per heavy atom. The molecule has 0 saturated heterocycles. The maximum atomic E-state index is 12.2. The number of rotatable bonds is 7. The van der Waals surface area contributed by atoms with Gasteiger partial charge in [-0.15, -0.1) is 0 Å². The van der Waals surface area contributed by atoms with Gasteiger partial charge < -0.3 is 16.0 Å². The number of nitrogens with two attached hydrogens (primary N) is 1. The zero-order valence-electron chi connectivity index (χ0n) is 13.1. The molecule has 0 saturated carbocycles. The predicted molar refractivity (Wildman–Crippen MR) is 83.7 cm³/mol. The zero-order chi connectivity index (χ0) is 15.2. The number of benzene rings is 1. The van der Waals surface area contributed by atoms with Crippen LogP contribution in [0.15, 0.2) is 24.3 Å². The van der Waals surface area contributed by atoms with Gasteiger partial charge >= 0.3 is 0 Å². The lowest BCUT2D eigenvalue weighted by Crippen LogP contribution is -2.49. The van der Waals surface area contributed by atoms with Crippen molar-refractivity contribution >= 4 is 5.91 Å². The van der Waals surface area contributed by atoms with E-state index in [0.29, 0.717) is 12.1 Å². The van der Waals surface area contributed by atoms with Gasteiger partial charge in [-0.3, -0.25) is 4.79 Å². The van der Waals surface area contributed by atoms with Crippen LogP contribution < -0.4 is 11.1 Å². The van der Waals surface area contributed by atoms with Gasteiger partial charge in [0.1, 0.15) is 0 Å². The van der Waals surface area contributed by atoms with Crippen molar-refractivity contribution in [3.8, 4) is 0 Å². The minimum Gasteiger partial charge on any atom is -0.350 e. The van der Waals surface area contributed by atoms with E-state index in [4.69, 9.17) is 5.73 Å². The number of hydrogen-bond acceptors (Lipinski definition) is 3. The number of nitrogens with zero attached hydrogens (tertiary/aromatic N) is 1. The smallest absolute Gasteiger partial charge is 0.251 e. The van der Waals surface area contributed by atoms with E-state index in [0.717, 1.165) is 24.9 Å². The summed E-state index contributed by atoms with van der Waals surface area (Å²) in [6, 6.07) is 7.72. The van der Waals surface area contributed by atoms with Crippen molar-refractivity contribution < 1.29 is 4.79 Å². The molecule has 0 aromatic heterocycles. The van der Waals surface area contributed by atoms with Crippen molar-refractivity contribution in [1.82, 2.24) is 10.2 Å². The molecule has 0 unspecified atom stereocenters. The van der Waals surface area contributed by atoms with Crippen LogP contribution in [0.3, 0.4) is 0 Å². The molecule has 1 rings (SSSR count).